The van der Waals surface area contributed by atoms with E-state index in [0.29, 0.717) is 31.2 Å². The van der Waals surface area contributed by atoms with Crippen LogP contribution in [0.5, 0.6) is 0 Å². The van der Waals surface area contributed by atoms with Crippen LogP contribution in [0, 0.1) is 12.7 Å². The Labute approximate surface area is 95.3 Å². The molecule has 0 radical (unpaired) electrons. The molecule has 2 rings (SSSR count). The quantitative estimate of drug-likeness (QED) is 0.767. The fourth-order valence-electron chi connectivity index (χ4n) is 2.63. The summed E-state index contributed by atoms with van der Waals surface area (Å²) < 4.78 is 13.8. The molecule has 0 aliphatic heterocycles. The molecule has 2 nitrogen and oxygen atoms in total. The van der Waals surface area contributed by atoms with Gasteiger partial charge in [-0.1, -0.05) is 12.1 Å². The van der Waals surface area contributed by atoms with Gasteiger partial charge in [0, 0.05) is 11.1 Å². The first kappa shape index (κ1) is 11.6. The largest absolute Gasteiger partial charge is 0.393 e. The van der Waals surface area contributed by atoms with Gasteiger partial charge in [-0.2, -0.15) is 0 Å². The smallest absolute Gasteiger partial charge is 0.128 e. The molecule has 0 aromatic heterocycles. The number of aliphatic hydroxyl groups excluding tert-OH is 1. The van der Waals surface area contributed by atoms with Gasteiger partial charge in [0.1, 0.15) is 5.82 Å². The van der Waals surface area contributed by atoms with E-state index >= 15 is 0 Å². The number of hydrogen-bond donors (Lipinski definition) is 2. The summed E-state index contributed by atoms with van der Waals surface area (Å²) >= 11 is 0. The summed E-state index contributed by atoms with van der Waals surface area (Å²) in [4.78, 5) is 0. The van der Waals surface area contributed by atoms with Crippen LogP contribution in [-0.4, -0.2) is 11.2 Å². The molecule has 3 heteroatoms. The molecule has 16 heavy (non-hydrogen) atoms. The first-order chi connectivity index (χ1) is 7.53. The van der Waals surface area contributed by atoms with Crippen LogP contribution in [0.25, 0.3) is 0 Å². The van der Waals surface area contributed by atoms with Gasteiger partial charge >= 0.3 is 0 Å². The monoisotopic (exact) mass is 223 g/mol. The molecule has 0 atom stereocenters. The highest BCUT2D eigenvalue weighted by Crippen LogP contribution is 2.37. The van der Waals surface area contributed by atoms with Crippen LogP contribution in [0.15, 0.2) is 18.2 Å². The maximum Gasteiger partial charge on any atom is 0.128 e. The lowest BCUT2D eigenvalue weighted by atomic mass is 9.75. The van der Waals surface area contributed by atoms with E-state index in [-0.39, 0.29) is 11.9 Å². The number of aliphatic hydroxyl groups is 1. The van der Waals surface area contributed by atoms with E-state index < -0.39 is 5.54 Å². The van der Waals surface area contributed by atoms with Crippen molar-refractivity contribution in [3.63, 3.8) is 0 Å². The van der Waals surface area contributed by atoms with Gasteiger partial charge in [0.05, 0.1) is 6.10 Å². The van der Waals surface area contributed by atoms with Crippen molar-refractivity contribution in [2.75, 3.05) is 0 Å². The van der Waals surface area contributed by atoms with Crippen molar-refractivity contribution in [2.45, 2.75) is 44.2 Å². The van der Waals surface area contributed by atoms with E-state index in [0.717, 1.165) is 5.56 Å². The van der Waals surface area contributed by atoms with Crippen molar-refractivity contribution >= 4 is 0 Å². The van der Waals surface area contributed by atoms with E-state index in [1.165, 1.54) is 6.07 Å². The Morgan fingerprint density at radius 3 is 2.56 bits per heavy atom. The third-order valence-corrected chi connectivity index (χ3v) is 3.57. The van der Waals surface area contributed by atoms with Crippen LogP contribution in [0.2, 0.25) is 0 Å². The Balaban J connectivity index is 2.36. The number of hydrogen-bond acceptors (Lipinski definition) is 2. The number of rotatable bonds is 1. The molecule has 1 saturated carbocycles. The second-order valence-electron chi connectivity index (χ2n) is 4.82. The lowest BCUT2D eigenvalue weighted by Gasteiger charge is -2.37. The van der Waals surface area contributed by atoms with Gasteiger partial charge in [-0.15, -0.1) is 0 Å². The predicted molar refractivity (Wildman–Crippen MR) is 61.5 cm³/mol. The van der Waals surface area contributed by atoms with Gasteiger partial charge in [-0.05, 0) is 44.2 Å². The minimum absolute atomic E-state index is 0.223. The van der Waals surface area contributed by atoms with Crippen LogP contribution in [0.4, 0.5) is 4.39 Å². The molecule has 1 aromatic rings. The molecule has 0 spiro atoms. The van der Waals surface area contributed by atoms with E-state index in [1.54, 1.807) is 6.07 Å². The lowest BCUT2D eigenvalue weighted by molar-refractivity contribution is 0.0955. The fraction of sp³-hybridized carbons (Fsp3) is 0.538. The Bertz CT molecular complexity index is 363. The van der Waals surface area contributed by atoms with Crippen LogP contribution >= 0.6 is 0 Å². The third kappa shape index (κ3) is 1.97. The zero-order valence-corrected chi connectivity index (χ0v) is 9.54. The lowest BCUT2D eigenvalue weighted by Crippen LogP contribution is -2.42. The molecular weight excluding hydrogens is 205 g/mol. The fourth-order valence-corrected chi connectivity index (χ4v) is 2.63. The minimum atomic E-state index is -0.603. The van der Waals surface area contributed by atoms with Gasteiger partial charge in [-0.25, -0.2) is 4.39 Å². The maximum atomic E-state index is 13.8. The number of halogens is 1. The molecule has 3 N–H and O–H groups in total. The first-order valence-electron chi connectivity index (χ1n) is 5.75. The molecule has 0 amide bonds. The Kier molecular flexibility index (Phi) is 3.00. The van der Waals surface area contributed by atoms with Crippen molar-refractivity contribution in [2.24, 2.45) is 5.73 Å². The van der Waals surface area contributed by atoms with E-state index in [2.05, 4.69) is 0 Å². The van der Waals surface area contributed by atoms with E-state index in [4.69, 9.17) is 5.73 Å². The normalized spacial score (nSPS) is 30.4. The van der Waals surface area contributed by atoms with Crippen LogP contribution in [0.3, 0.4) is 0 Å². The highest BCUT2D eigenvalue weighted by molar-refractivity contribution is 5.34. The molecule has 0 saturated heterocycles. The highest BCUT2D eigenvalue weighted by Gasteiger charge is 2.35. The zero-order chi connectivity index (χ0) is 11.8. The molecule has 0 heterocycles. The second kappa shape index (κ2) is 4.15. The van der Waals surface area contributed by atoms with Crippen molar-refractivity contribution in [3.8, 4) is 0 Å². The summed E-state index contributed by atoms with van der Waals surface area (Å²) in [6.45, 7) is 1.89. The van der Waals surface area contributed by atoms with Crippen molar-refractivity contribution in [3.05, 3.63) is 35.1 Å². The topological polar surface area (TPSA) is 46.2 Å². The van der Waals surface area contributed by atoms with Crippen LogP contribution in [0.1, 0.15) is 36.8 Å². The van der Waals surface area contributed by atoms with E-state index in [9.17, 15) is 9.50 Å². The minimum Gasteiger partial charge on any atom is -0.393 e. The number of aryl methyl sites for hydroxylation is 1. The summed E-state index contributed by atoms with van der Waals surface area (Å²) in [5.41, 5.74) is 7.22. The predicted octanol–water partition coefficient (Wildman–Crippen LogP) is 2.22. The summed E-state index contributed by atoms with van der Waals surface area (Å²) in [6, 6.07) is 5.05. The molecule has 1 aliphatic carbocycles. The average Bonchev–Trinajstić information content (AvgIpc) is 2.23. The SMILES string of the molecule is Cc1cccc(F)c1C1(N)CCC(O)CC1. The molecule has 0 bridgehead atoms. The Morgan fingerprint density at radius 1 is 1.38 bits per heavy atom. The van der Waals surface area contributed by atoms with Crippen molar-refractivity contribution in [1.29, 1.82) is 0 Å². The molecule has 1 aromatic carbocycles. The number of benzene rings is 1. The van der Waals surface area contributed by atoms with Gasteiger partial charge in [0.15, 0.2) is 0 Å². The van der Waals surface area contributed by atoms with Gasteiger partial charge in [0.2, 0.25) is 0 Å². The first-order valence-corrected chi connectivity index (χ1v) is 5.75. The number of nitrogens with two attached hydrogens (primary N) is 1. The second-order valence-corrected chi connectivity index (χ2v) is 4.82. The van der Waals surface area contributed by atoms with Crippen molar-refractivity contribution in [1.82, 2.24) is 0 Å². The zero-order valence-electron chi connectivity index (χ0n) is 9.54. The van der Waals surface area contributed by atoms with Crippen LogP contribution < -0.4 is 5.73 Å². The van der Waals surface area contributed by atoms with Crippen molar-refractivity contribution < 1.29 is 9.50 Å². The summed E-state index contributed by atoms with van der Waals surface area (Å²) in [7, 11) is 0. The highest BCUT2D eigenvalue weighted by atomic mass is 19.1. The van der Waals surface area contributed by atoms with Gasteiger partial charge < -0.3 is 10.8 Å². The average molecular weight is 223 g/mol. The standard InChI is InChI=1S/C13H18FNO/c1-9-3-2-4-11(14)12(9)13(15)7-5-10(16)6-8-13/h2-4,10,16H,5-8,15H2,1H3. The van der Waals surface area contributed by atoms with Crippen LogP contribution in [-0.2, 0) is 5.54 Å². The van der Waals surface area contributed by atoms with E-state index in [1.807, 2.05) is 13.0 Å². The molecule has 1 fully saturated rings. The summed E-state index contributed by atoms with van der Waals surface area (Å²) in [5, 5.41) is 9.48. The third-order valence-electron chi connectivity index (χ3n) is 3.57. The van der Waals surface area contributed by atoms with Gasteiger partial charge in [-0.3, -0.25) is 0 Å². The molecular formula is C13H18FNO. The maximum absolute atomic E-state index is 13.8. The van der Waals surface area contributed by atoms with Gasteiger partial charge in [0.25, 0.3) is 0 Å². The summed E-state index contributed by atoms with van der Waals surface area (Å²) in [6.07, 6.45) is 2.34. The molecule has 0 unspecified atom stereocenters. The molecule has 1 aliphatic rings. The Hall–Kier alpha value is -0.930. The molecule has 88 valence electrons. The Morgan fingerprint density at radius 2 is 2.00 bits per heavy atom. The summed E-state index contributed by atoms with van der Waals surface area (Å²) in [5.74, 6) is -0.223.